The van der Waals surface area contributed by atoms with Crippen LogP contribution in [0.5, 0.6) is 0 Å². The molecule has 2 rings (SSSR count). The molecule has 1 aromatic heterocycles. The molecule has 0 bridgehead atoms. The minimum absolute atomic E-state index is 0.224. The van der Waals surface area contributed by atoms with Gasteiger partial charge < -0.3 is 11.1 Å². The summed E-state index contributed by atoms with van der Waals surface area (Å²) in [6.45, 7) is 2.13. The molecule has 0 spiro atoms. The van der Waals surface area contributed by atoms with Gasteiger partial charge in [0.25, 0.3) is 5.91 Å². The molecule has 0 aliphatic carbocycles. The second kappa shape index (κ2) is 6.29. The lowest BCUT2D eigenvalue weighted by Crippen LogP contribution is -2.12. The monoisotopic (exact) mass is 276 g/mol. The minimum Gasteiger partial charge on any atom is -0.397 e. The summed E-state index contributed by atoms with van der Waals surface area (Å²) >= 11 is 1.74. The van der Waals surface area contributed by atoms with Crippen LogP contribution >= 0.6 is 11.8 Å². The van der Waals surface area contributed by atoms with Crippen molar-refractivity contribution in [2.45, 2.75) is 18.2 Å². The second-order valence-electron chi connectivity index (χ2n) is 4.04. The number of nitrogens with zero attached hydrogens (tertiary/aromatic N) is 1. The lowest BCUT2D eigenvalue weighted by atomic mass is 10.2. The maximum Gasteiger partial charge on any atom is 0.258 e. The molecule has 0 fully saturated rings. The molecule has 0 saturated carbocycles. The van der Waals surface area contributed by atoms with Gasteiger partial charge in [0.05, 0.1) is 23.1 Å². The number of nitrogens with one attached hydrogen (secondary N) is 2. The Morgan fingerprint density at radius 3 is 3.05 bits per heavy atom. The van der Waals surface area contributed by atoms with Crippen molar-refractivity contribution in [2.75, 3.05) is 16.8 Å². The third-order valence-electron chi connectivity index (χ3n) is 2.51. The number of thioether (sulfide) groups is 1. The molecule has 0 aliphatic heterocycles. The number of nitrogen functional groups attached to an aromatic ring is 1. The normalized spacial score (nSPS) is 10.4. The summed E-state index contributed by atoms with van der Waals surface area (Å²) in [5.41, 5.74) is 7.54. The summed E-state index contributed by atoms with van der Waals surface area (Å²) < 4.78 is 0. The molecule has 4 N–H and O–H groups in total. The van der Waals surface area contributed by atoms with E-state index in [0.717, 1.165) is 17.1 Å². The Morgan fingerprint density at radius 2 is 2.37 bits per heavy atom. The van der Waals surface area contributed by atoms with E-state index in [1.807, 2.05) is 18.2 Å². The number of H-pyrrole nitrogens is 1. The van der Waals surface area contributed by atoms with Crippen molar-refractivity contribution in [1.82, 2.24) is 10.2 Å². The Bertz CT molecular complexity index is 554. The average Bonchev–Trinajstić information content (AvgIpc) is 2.93. The highest BCUT2D eigenvalue weighted by atomic mass is 32.2. The number of carbonyl (C=O) groups is 1. The lowest BCUT2D eigenvalue weighted by molar-refractivity contribution is 0.102. The quantitative estimate of drug-likeness (QED) is 0.579. The van der Waals surface area contributed by atoms with E-state index in [-0.39, 0.29) is 5.91 Å². The fourth-order valence-electron chi connectivity index (χ4n) is 1.52. The van der Waals surface area contributed by atoms with Crippen molar-refractivity contribution >= 4 is 29.0 Å². The van der Waals surface area contributed by atoms with Crippen molar-refractivity contribution in [1.29, 1.82) is 0 Å². The smallest absolute Gasteiger partial charge is 0.258 e. The predicted molar refractivity (Wildman–Crippen MR) is 78.4 cm³/mol. The molecule has 1 aromatic carbocycles. The summed E-state index contributed by atoms with van der Waals surface area (Å²) in [5.74, 6) is 0.817. The Hall–Kier alpha value is -1.95. The van der Waals surface area contributed by atoms with Crippen LogP contribution in [0, 0.1) is 0 Å². The Kier molecular flexibility index (Phi) is 4.46. The number of rotatable bonds is 5. The van der Waals surface area contributed by atoms with Crippen molar-refractivity contribution < 1.29 is 4.79 Å². The van der Waals surface area contributed by atoms with E-state index in [2.05, 4.69) is 22.4 Å². The zero-order valence-corrected chi connectivity index (χ0v) is 11.5. The number of aromatic nitrogens is 2. The molecule has 1 heterocycles. The number of carbonyl (C=O) groups excluding carboxylic acids is 1. The molecule has 5 nitrogen and oxygen atoms in total. The van der Waals surface area contributed by atoms with E-state index >= 15 is 0 Å². The Morgan fingerprint density at radius 1 is 1.53 bits per heavy atom. The average molecular weight is 276 g/mol. The van der Waals surface area contributed by atoms with Gasteiger partial charge in [-0.15, -0.1) is 11.8 Å². The van der Waals surface area contributed by atoms with Gasteiger partial charge in [-0.2, -0.15) is 5.10 Å². The van der Waals surface area contributed by atoms with Gasteiger partial charge in [-0.1, -0.05) is 6.92 Å². The largest absolute Gasteiger partial charge is 0.397 e. The van der Waals surface area contributed by atoms with Crippen LogP contribution in [0.4, 0.5) is 11.4 Å². The van der Waals surface area contributed by atoms with Crippen molar-refractivity contribution in [3.63, 3.8) is 0 Å². The number of amides is 1. The first-order valence-electron chi connectivity index (χ1n) is 6.03. The molecule has 1 amide bonds. The molecule has 0 radical (unpaired) electrons. The van der Waals surface area contributed by atoms with Crippen LogP contribution in [0.2, 0.25) is 0 Å². The molecule has 0 saturated heterocycles. The summed E-state index contributed by atoms with van der Waals surface area (Å²) in [5, 5.41) is 9.14. The summed E-state index contributed by atoms with van der Waals surface area (Å²) in [6, 6.07) is 5.67. The molecule has 6 heteroatoms. The molecule has 2 aromatic rings. The zero-order valence-electron chi connectivity index (χ0n) is 10.6. The van der Waals surface area contributed by atoms with Gasteiger partial charge in [0.1, 0.15) is 0 Å². The minimum atomic E-state index is -0.224. The second-order valence-corrected chi connectivity index (χ2v) is 5.21. The van der Waals surface area contributed by atoms with Gasteiger partial charge in [-0.25, -0.2) is 0 Å². The number of benzene rings is 1. The fraction of sp³-hybridized carbons (Fsp3) is 0.231. The number of aromatic amines is 1. The van der Waals surface area contributed by atoms with E-state index in [9.17, 15) is 4.79 Å². The van der Waals surface area contributed by atoms with Gasteiger partial charge in [-0.3, -0.25) is 9.89 Å². The van der Waals surface area contributed by atoms with Crippen LogP contribution in [-0.2, 0) is 0 Å². The standard InChI is InChI=1S/C13H16N4OS/c1-2-5-19-10-3-4-11(14)12(6-10)17-13(18)9-7-15-16-8-9/h3-4,6-8H,2,5,14H2,1H3,(H,15,16)(H,17,18). The maximum absolute atomic E-state index is 11.9. The molecule has 0 unspecified atom stereocenters. The molecular weight excluding hydrogens is 260 g/mol. The Labute approximate surface area is 116 Å². The van der Waals surface area contributed by atoms with Gasteiger partial charge in [0.15, 0.2) is 0 Å². The van der Waals surface area contributed by atoms with E-state index in [0.29, 0.717) is 16.9 Å². The van der Waals surface area contributed by atoms with E-state index < -0.39 is 0 Å². The van der Waals surface area contributed by atoms with Gasteiger partial charge >= 0.3 is 0 Å². The van der Waals surface area contributed by atoms with Crippen molar-refractivity contribution in [3.8, 4) is 0 Å². The Balaban J connectivity index is 2.12. The highest BCUT2D eigenvalue weighted by Gasteiger charge is 2.09. The van der Waals surface area contributed by atoms with E-state index in [4.69, 9.17) is 5.73 Å². The highest BCUT2D eigenvalue weighted by molar-refractivity contribution is 7.99. The number of hydrogen-bond donors (Lipinski definition) is 3. The van der Waals surface area contributed by atoms with Gasteiger partial charge in [0.2, 0.25) is 0 Å². The van der Waals surface area contributed by atoms with Crippen LogP contribution < -0.4 is 11.1 Å². The number of hydrogen-bond acceptors (Lipinski definition) is 4. The molecule has 100 valence electrons. The lowest BCUT2D eigenvalue weighted by Gasteiger charge is -2.09. The first-order valence-corrected chi connectivity index (χ1v) is 7.01. The summed E-state index contributed by atoms with van der Waals surface area (Å²) in [4.78, 5) is 13.0. The first kappa shape index (κ1) is 13.5. The van der Waals surface area contributed by atoms with Crippen molar-refractivity contribution in [3.05, 3.63) is 36.2 Å². The van der Waals surface area contributed by atoms with Crippen LogP contribution in [0.25, 0.3) is 0 Å². The van der Waals surface area contributed by atoms with E-state index in [1.165, 1.54) is 6.20 Å². The SMILES string of the molecule is CCCSc1ccc(N)c(NC(=O)c2cn[nH]c2)c1. The van der Waals surface area contributed by atoms with Gasteiger partial charge in [-0.05, 0) is 30.4 Å². The zero-order chi connectivity index (χ0) is 13.7. The summed E-state index contributed by atoms with van der Waals surface area (Å²) in [7, 11) is 0. The summed E-state index contributed by atoms with van der Waals surface area (Å²) in [6.07, 6.45) is 4.12. The van der Waals surface area contributed by atoms with Crippen LogP contribution in [0.15, 0.2) is 35.5 Å². The number of nitrogens with two attached hydrogens (primary N) is 1. The molecular formula is C13H16N4OS. The number of anilines is 2. The van der Waals surface area contributed by atoms with Gasteiger partial charge in [0, 0.05) is 11.1 Å². The first-order chi connectivity index (χ1) is 9.20. The third kappa shape index (κ3) is 3.51. The highest BCUT2D eigenvalue weighted by Crippen LogP contribution is 2.27. The fourth-order valence-corrected chi connectivity index (χ4v) is 2.33. The topological polar surface area (TPSA) is 83.8 Å². The predicted octanol–water partition coefficient (Wildman–Crippen LogP) is 2.75. The molecule has 19 heavy (non-hydrogen) atoms. The van der Waals surface area contributed by atoms with Crippen molar-refractivity contribution in [2.24, 2.45) is 0 Å². The van der Waals surface area contributed by atoms with Crippen LogP contribution in [0.1, 0.15) is 23.7 Å². The molecule has 0 aliphatic rings. The molecule has 0 atom stereocenters. The third-order valence-corrected chi connectivity index (χ3v) is 3.71. The van der Waals surface area contributed by atoms with Crippen LogP contribution in [0.3, 0.4) is 0 Å². The maximum atomic E-state index is 11.9. The van der Waals surface area contributed by atoms with E-state index in [1.54, 1.807) is 18.0 Å². The van der Waals surface area contributed by atoms with Crippen LogP contribution in [-0.4, -0.2) is 21.9 Å².